The lowest BCUT2D eigenvalue weighted by atomic mass is 10.1. The van der Waals surface area contributed by atoms with Crippen molar-refractivity contribution < 1.29 is 5.11 Å². The molecule has 1 heterocycles. The van der Waals surface area contributed by atoms with Crippen LogP contribution in [0, 0.1) is 6.92 Å². The molecule has 3 nitrogen and oxygen atoms in total. The van der Waals surface area contributed by atoms with E-state index in [1.165, 1.54) is 0 Å². The van der Waals surface area contributed by atoms with Crippen molar-refractivity contribution in [2.45, 2.75) is 19.4 Å². The van der Waals surface area contributed by atoms with Crippen LogP contribution in [0.5, 0.6) is 0 Å². The summed E-state index contributed by atoms with van der Waals surface area (Å²) in [6.45, 7) is 1.79. The van der Waals surface area contributed by atoms with Gasteiger partial charge in [0, 0.05) is 11.4 Å². The van der Waals surface area contributed by atoms with Gasteiger partial charge in [0.15, 0.2) is 5.15 Å². The van der Waals surface area contributed by atoms with Crippen molar-refractivity contribution in [2.24, 2.45) is 0 Å². The van der Waals surface area contributed by atoms with E-state index in [0.717, 1.165) is 5.69 Å². The van der Waals surface area contributed by atoms with E-state index in [-0.39, 0.29) is 5.15 Å². The van der Waals surface area contributed by atoms with Crippen LogP contribution in [0.25, 0.3) is 0 Å². The van der Waals surface area contributed by atoms with Crippen molar-refractivity contribution in [2.75, 3.05) is 5.88 Å². The number of aryl methyl sites for hydroxylation is 1. The predicted octanol–water partition coefficient (Wildman–Crippen LogP) is 2.10. The fourth-order valence-electron chi connectivity index (χ4n) is 0.986. The van der Waals surface area contributed by atoms with Crippen LogP contribution in [-0.2, 0) is 0 Å². The molecule has 13 heavy (non-hydrogen) atoms. The molecule has 1 unspecified atom stereocenters. The van der Waals surface area contributed by atoms with E-state index < -0.39 is 6.10 Å². The van der Waals surface area contributed by atoms with E-state index in [4.69, 9.17) is 23.2 Å². The number of aliphatic hydroxyl groups excluding tert-OH is 1. The quantitative estimate of drug-likeness (QED) is 0.795. The van der Waals surface area contributed by atoms with Crippen LogP contribution in [0.4, 0.5) is 0 Å². The number of hydrogen-bond donors (Lipinski definition) is 1. The summed E-state index contributed by atoms with van der Waals surface area (Å²) in [7, 11) is 0. The number of aromatic nitrogens is 2. The Hall–Kier alpha value is -0.380. The van der Waals surface area contributed by atoms with E-state index in [9.17, 15) is 5.11 Å². The van der Waals surface area contributed by atoms with E-state index in [1.54, 1.807) is 13.0 Å². The highest BCUT2D eigenvalue weighted by Gasteiger charge is 2.12. The van der Waals surface area contributed by atoms with Gasteiger partial charge in [0.2, 0.25) is 0 Å². The second-order valence-electron chi connectivity index (χ2n) is 2.73. The number of rotatable bonds is 3. The maximum absolute atomic E-state index is 9.59. The zero-order chi connectivity index (χ0) is 9.84. The van der Waals surface area contributed by atoms with Crippen molar-refractivity contribution in [3.63, 3.8) is 0 Å². The lowest BCUT2D eigenvalue weighted by molar-refractivity contribution is 0.174. The standard InChI is InChI=1S/C8H10Cl2N2O/c1-5-4-6(7(13)2-3-9)8(10)12-11-5/h4,7,13H,2-3H2,1H3. The zero-order valence-corrected chi connectivity index (χ0v) is 8.68. The summed E-state index contributed by atoms with van der Waals surface area (Å²) in [5.41, 5.74) is 1.32. The lowest BCUT2D eigenvalue weighted by Crippen LogP contribution is -2.02. The highest BCUT2D eigenvalue weighted by molar-refractivity contribution is 6.30. The van der Waals surface area contributed by atoms with Gasteiger partial charge < -0.3 is 5.11 Å². The second-order valence-corrected chi connectivity index (χ2v) is 3.46. The van der Waals surface area contributed by atoms with Gasteiger partial charge in [0.1, 0.15) is 0 Å². The Kier molecular flexibility index (Phi) is 3.90. The first-order valence-corrected chi connectivity index (χ1v) is 4.80. The molecule has 1 atom stereocenters. The van der Waals surface area contributed by atoms with Gasteiger partial charge in [-0.2, -0.15) is 5.10 Å². The van der Waals surface area contributed by atoms with Crippen LogP contribution >= 0.6 is 23.2 Å². The molecule has 0 amide bonds. The summed E-state index contributed by atoms with van der Waals surface area (Å²) in [6, 6.07) is 1.71. The number of aliphatic hydroxyl groups is 1. The molecule has 0 bridgehead atoms. The SMILES string of the molecule is Cc1cc(C(O)CCCl)c(Cl)nn1. The maximum Gasteiger partial charge on any atom is 0.157 e. The van der Waals surface area contributed by atoms with Crippen LogP contribution in [-0.4, -0.2) is 21.2 Å². The molecule has 1 aromatic heterocycles. The van der Waals surface area contributed by atoms with Gasteiger partial charge in [-0.15, -0.1) is 16.7 Å². The average Bonchev–Trinajstić information content (AvgIpc) is 2.09. The van der Waals surface area contributed by atoms with Gasteiger partial charge in [-0.25, -0.2) is 0 Å². The van der Waals surface area contributed by atoms with Crippen molar-refractivity contribution in [1.82, 2.24) is 10.2 Å². The van der Waals surface area contributed by atoms with Crippen LogP contribution in [0.1, 0.15) is 23.8 Å². The molecule has 0 aliphatic heterocycles. The summed E-state index contributed by atoms with van der Waals surface area (Å²) < 4.78 is 0. The Morgan fingerprint density at radius 2 is 2.23 bits per heavy atom. The third-order valence-electron chi connectivity index (χ3n) is 1.64. The van der Waals surface area contributed by atoms with Gasteiger partial charge >= 0.3 is 0 Å². The summed E-state index contributed by atoms with van der Waals surface area (Å²) >= 11 is 11.2. The Bertz CT molecular complexity index is 293. The van der Waals surface area contributed by atoms with Crippen LogP contribution < -0.4 is 0 Å². The first-order valence-electron chi connectivity index (χ1n) is 3.89. The zero-order valence-electron chi connectivity index (χ0n) is 7.17. The minimum absolute atomic E-state index is 0.239. The molecule has 0 aliphatic carbocycles. The smallest absolute Gasteiger partial charge is 0.157 e. The molecule has 1 rings (SSSR count). The Morgan fingerprint density at radius 3 is 2.85 bits per heavy atom. The topological polar surface area (TPSA) is 46.0 Å². The molecule has 72 valence electrons. The maximum atomic E-state index is 9.59. The first-order chi connectivity index (χ1) is 6.15. The normalized spacial score (nSPS) is 12.9. The molecule has 1 aromatic rings. The van der Waals surface area contributed by atoms with Crippen molar-refractivity contribution in [3.05, 3.63) is 22.5 Å². The van der Waals surface area contributed by atoms with Gasteiger partial charge in [0.05, 0.1) is 11.8 Å². The van der Waals surface area contributed by atoms with Crippen molar-refractivity contribution in [1.29, 1.82) is 0 Å². The highest BCUT2D eigenvalue weighted by Crippen LogP contribution is 2.23. The van der Waals surface area contributed by atoms with E-state index in [1.807, 2.05) is 0 Å². The number of hydrogen-bond acceptors (Lipinski definition) is 3. The van der Waals surface area contributed by atoms with Crippen LogP contribution in [0.3, 0.4) is 0 Å². The summed E-state index contributed by atoms with van der Waals surface area (Å²) in [5, 5.41) is 17.3. The molecule has 5 heteroatoms. The van der Waals surface area contributed by atoms with E-state index in [2.05, 4.69) is 10.2 Å². The lowest BCUT2D eigenvalue weighted by Gasteiger charge is -2.09. The van der Waals surface area contributed by atoms with Crippen LogP contribution in [0.2, 0.25) is 5.15 Å². The van der Waals surface area contributed by atoms with Gasteiger partial charge in [-0.1, -0.05) is 11.6 Å². The summed E-state index contributed by atoms with van der Waals surface area (Å²) in [4.78, 5) is 0. The molecule has 0 radical (unpaired) electrons. The molecule has 0 saturated heterocycles. The van der Waals surface area contributed by atoms with E-state index in [0.29, 0.717) is 17.9 Å². The van der Waals surface area contributed by atoms with Crippen molar-refractivity contribution in [3.8, 4) is 0 Å². The number of nitrogens with zero attached hydrogens (tertiary/aromatic N) is 2. The molecule has 0 saturated carbocycles. The number of alkyl halides is 1. The summed E-state index contributed by atoms with van der Waals surface area (Å²) in [5.74, 6) is 0.388. The Balaban J connectivity index is 2.91. The largest absolute Gasteiger partial charge is 0.388 e. The minimum atomic E-state index is -0.654. The van der Waals surface area contributed by atoms with Gasteiger partial charge in [0.25, 0.3) is 0 Å². The molecule has 1 N–H and O–H groups in total. The fraction of sp³-hybridized carbons (Fsp3) is 0.500. The Morgan fingerprint density at radius 1 is 1.54 bits per heavy atom. The van der Waals surface area contributed by atoms with Crippen LogP contribution in [0.15, 0.2) is 6.07 Å². The second kappa shape index (κ2) is 4.74. The third kappa shape index (κ3) is 2.79. The fourth-order valence-corrected chi connectivity index (χ4v) is 1.41. The predicted molar refractivity (Wildman–Crippen MR) is 52.1 cm³/mol. The first kappa shape index (κ1) is 10.7. The Labute approximate surface area is 86.7 Å². The molecular formula is C8H10Cl2N2O. The average molecular weight is 221 g/mol. The molecule has 0 fully saturated rings. The third-order valence-corrected chi connectivity index (χ3v) is 2.15. The van der Waals surface area contributed by atoms with Gasteiger partial charge in [-0.3, -0.25) is 0 Å². The minimum Gasteiger partial charge on any atom is -0.388 e. The summed E-state index contributed by atoms with van der Waals surface area (Å²) in [6.07, 6.45) is -0.189. The number of halogens is 2. The molecule has 0 aliphatic rings. The molecule has 0 spiro atoms. The van der Waals surface area contributed by atoms with E-state index >= 15 is 0 Å². The van der Waals surface area contributed by atoms with Gasteiger partial charge in [-0.05, 0) is 19.4 Å². The molecule has 0 aromatic carbocycles. The highest BCUT2D eigenvalue weighted by atomic mass is 35.5. The van der Waals surface area contributed by atoms with Crippen molar-refractivity contribution >= 4 is 23.2 Å². The molecular weight excluding hydrogens is 211 g/mol. The monoisotopic (exact) mass is 220 g/mol.